The lowest BCUT2D eigenvalue weighted by atomic mass is 10.2. The summed E-state index contributed by atoms with van der Waals surface area (Å²) in [6.07, 6.45) is 3.02. The predicted octanol–water partition coefficient (Wildman–Crippen LogP) is 5.33. The maximum absolute atomic E-state index is 13.5. The molecule has 0 aliphatic rings. The number of halogens is 2. The number of ether oxygens (including phenoxy) is 2. The van der Waals surface area contributed by atoms with Crippen LogP contribution >= 0.6 is 27.5 Å². The number of nitrogens with one attached hydrogen (secondary N) is 1. The maximum atomic E-state index is 13.5. The Balaban J connectivity index is 1.84. The Kier molecular flexibility index (Phi) is 9.73. The van der Waals surface area contributed by atoms with Gasteiger partial charge in [0.25, 0.3) is 15.9 Å². The number of carbonyl (C=O) groups is 1. The van der Waals surface area contributed by atoms with Gasteiger partial charge in [0.1, 0.15) is 13.2 Å². The summed E-state index contributed by atoms with van der Waals surface area (Å²) in [5.74, 6) is 0.315. The second-order valence-electron chi connectivity index (χ2n) is 7.68. The fraction of sp³-hybridized carbons (Fsp3) is 0.154. The molecule has 0 unspecified atom stereocenters. The van der Waals surface area contributed by atoms with Crippen LogP contribution in [0.2, 0.25) is 5.02 Å². The van der Waals surface area contributed by atoms with Crippen LogP contribution < -0.4 is 19.2 Å². The topological polar surface area (TPSA) is 97.3 Å². The van der Waals surface area contributed by atoms with Gasteiger partial charge in [-0.25, -0.2) is 13.8 Å². The summed E-state index contributed by atoms with van der Waals surface area (Å²) in [5, 5.41) is 4.33. The quantitative estimate of drug-likeness (QED) is 0.181. The number of hydrogen-bond acceptors (Lipinski definition) is 6. The number of sulfonamides is 1. The van der Waals surface area contributed by atoms with Gasteiger partial charge in [0, 0.05) is 5.02 Å². The molecule has 11 heteroatoms. The van der Waals surface area contributed by atoms with Crippen LogP contribution in [-0.4, -0.2) is 40.8 Å². The van der Waals surface area contributed by atoms with Crippen molar-refractivity contribution < 1.29 is 22.7 Å². The van der Waals surface area contributed by atoms with E-state index in [9.17, 15) is 13.2 Å². The monoisotopic (exact) mass is 605 g/mol. The minimum absolute atomic E-state index is 0.0429. The van der Waals surface area contributed by atoms with E-state index in [0.717, 1.165) is 4.31 Å². The first-order valence-electron chi connectivity index (χ1n) is 10.9. The highest BCUT2D eigenvalue weighted by atomic mass is 79.9. The zero-order valence-corrected chi connectivity index (χ0v) is 23.3. The van der Waals surface area contributed by atoms with Crippen molar-refractivity contribution in [3.8, 4) is 11.5 Å². The Morgan fingerprint density at radius 3 is 2.59 bits per heavy atom. The molecule has 0 saturated heterocycles. The lowest BCUT2D eigenvalue weighted by Gasteiger charge is -2.25. The van der Waals surface area contributed by atoms with Gasteiger partial charge in [-0.05, 0) is 70.4 Å². The van der Waals surface area contributed by atoms with Crippen molar-refractivity contribution in [2.24, 2.45) is 5.10 Å². The number of amides is 1. The van der Waals surface area contributed by atoms with E-state index in [4.69, 9.17) is 21.1 Å². The summed E-state index contributed by atoms with van der Waals surface area (Å²) in [4.78, 5) is 12.9. The van der Waals surface area contributed by atoms with E-state index in [0.29, 0.717) is 44.4 Å². The molecule has 0 atom stereocenters. The molecule has 0 radical (unpaired) electrons. The summed E-state index contributed by atoms with van der Waals surface area (Å²) in [5.41, 5.74) is 3.92. The second kappa shape index (κ2) is 12.8. The SMILES string of the molecule is C=CCOc1c(Br)cc(/C=N/NC(=O)CN(c2cc(Cl)ccc2C)S(=O)(=O)c2ccccc2)cc1OC. The van der Waals surface area contributed by atoms with Crippen LogP contribution in [0.25, 0.3) is 0 Å². The lowest BCUT2D eigenvalue weighted by Crippen LogP contribution is -2.40. The number of anilines is 1. The molecule has 0 saturated carbocycles. The largest absolute Gasteiger partial charge is 0.493 e. The van der Waals surface area contributed by atoms with Crippen molar-refractivity contribution in [2.75, 3.05) is 24.6 Å². The number of hydrazone groups is 1. The number of carbonyl (C=O) groups excluding carboxylic acids is 1. The van der Waals surface area contributed by atoms with Crippen molar-refractivity contribution in [2.45, 2.75) is 11.8 Å². The zero-order chi connectivity index (χ0) is 27.0. The normalized spacial score (nSPS) is 11.2. The van der Waals surface area contributed by atoms with Crippen molar-refractivity contribution >= 4 is 55.4 Å². The van der Waals surface area contributed by atoms with Crippen molar-refractivity contribution in [1.82, 2.24) is 5.43 Å². The molecule has 0 aromatic heterocycles. The van der Waals surface area contributed by atoms with Crippen molar-refractivity contribution in [3.05, 3.63) is 93.9 Å². The molecule has 0 heterocycles. The van der Waals surface area contributed by atoms with E-state index < -0.39 is 22.5 Å². The minimum atomic E-state index is -4.07. The second-order valence-corrected chi connectivity index (χ2v) is 10.8. The molecule has 0 bridgehead atoms. The highest BCUT2D eigenvalue weighted by molar-refractivity contribution is 9.10. The van der Waals surface area contributed by atoms with Crippen molar-refractivity contribution in [1.29, 1.82) is 0 Å². The van der Waals surface area contributed by atoms with E-state index in [-0.39, 0.29) is 4.90 Å². The number of methoxy groups -OCH3 is 1. The third kappa shape index (κ3) is 7.12. The van der Waals surface area contributed by atoms with E-state index in [1.807, 2.05) is 0 Å². The van der Waals surface area contributed by atoms with Crippen LogP contribution in [0.1, 0.15) is 11.1 Å². The number of nitrogens with zero attached hydrogens (tertiary/aromatic N) is 2. The van der Waals surface area contributed by atoms with Crippen LogP contribution in [0, 0.1) is 6.92 Å². The molecule has 3 aromatic rings. The minimum Gasteiger partial charge on any atom is -0.493 e. The standard InChI is InChI=1S/C26H25BrClN3O5S/c1-4-12-36-26-22(27)13-19(14-24(26)35-3)16-29-30-25(32)17-31(23-15-20(28)11-10-18(23)2)37(33,34)21-8-6-5-7-9-21/h4-11,13-16H,1,12,17H2,2-3H3,(H,30,32)/b29-16+. The van der Waals surface area contributed by atoms with Crippen LogP contribution in [0.5, 0.6) is 11.5 Å². The summed E-state index contributed by atoms with van der Waals surface area (Å²) in [6.45, 7) is 5.15. The average Bonchev–Trinajstić information content (AvgIpc) is 2.88. The van der Waals surface area contributed by atoms with Crippen molar-refractivity contribution in [3.63, 3.8) is 0 Å². The lowest BCUT2D eigenvalue weighted by molar-refractivity contribution is -0.119. The smallest absolute Gasteiger partial charge is 0.264 e. The molecule has 0 aliphatic carbocycles. The molecule has 3 aromatic carbocycles. The van der Waals surface area contributed by atoms with Crippen LogP contribution in [-0.2, 0) is 14.8 Å². The van der Waals surface area contributed by atoms with Gasteiger partial charge >= 0.3 is 0 Å². The van der Waals surface area contributed by atoms with E-state index in [2.05, 4.69) is 33.0 Å². The summed E-state index contributed by atoms with van der Waals surface area (Å²) in [7, 11) is -2.57. The fourth-order valence-corrected chi connectivity index (χ4v) is 5.55. The Morgan fingerprint density at radius 1 is 1.19 bits per heavy atom. The number of benzene rings is 3. The summed E-state index contributed by atoms with van der Waals surface area (Å²) >= 11 is 9.58. The molecule has 1 N–H and O–H groups in total. The highest BCUT2D eigenvalue weighted by Gasteiger charge is 2.28. The van der Waals surface area contributed by atoms with Gasteiger partial charge in [0.15, 0.2) is 11.5 Å². The summed E-state index contributed by atoms with van der Waals surface area (Å²) in [6, 6.07) is 16.1. The molecular weight excluding hydrogens is 582 g/mol. The molecule has 0 aliphatic heterocycles. The fourth-order valence-electron chi connectivity index (χ4n) is 3.31. The van der Waals surface area contributed by atoms with Crippen LogP contribution in [0.3, 0.4) is 0 Å². The maximum Gasteiger partial charge on any atom is 0.264 e. The van der Waals surface area contributed by atoms with Gasteiger partial charge in [-0.15, -0.1) is 0 Å². The van der Waals surface area contributed by atoms with Crippen LogP contribution in [0.4, 0.5) is 5.69 Å². The molecule has 8 nitrogen and oxygen atoms in total. The van der Waals surface area contributed by atoms with Gasteiger partial charge in [-0.1, -0.05) is 48.5 Å². The van der Waals surface area contributed by atoms with E-state index in [1.54, 1.807) is 55.5 Å². The highest BCUT2D eigenvalue weighted by Crippen LogP contribution is 2.36. The van der Waals surface area contributed by atoms with Gasteiger partial charge in [-0.2, -0.15) is 5.10 Å². The summed E-state index contributed by atoms with van der Waals surface area (Å²) < 4.78 is 39.5. The van der Waals surface area contributed by atoms with Gasteiger partial charge in [0.2, 0.25) is 0 Å². The van der Waals surface area contributed by atoms with E-state index in [1.165, 1.54) is 31.5 Å². The molecule has 3 rings (SSSR count). The Hall–Kier alpha value is -3.34. The predicted molar refractivity (Wildman–Crippen MR) is 149 cm³/mol. The molecular formula is C26H25BrClN3O5S. The number of rotatable bonds is 11. The molecule has 37 heavy (non-hydrogen) atoms. The first-order chi connectivity index (χ1) is 17.7. The van der Waals surface area contributed by atoms with Gasteiger partial charge in [0.05, 0.1) is 28.4 Å². The first-order valence-corrected chi connectivity index (χ1v) is 13.6. The Morgan fingerprint density at radius 2 is 1.92 bits per heavy atom. The third-order valence-corrected chi connectivity index (χ3v) is 7.66. The Bertz CT molecular complexity index is 1420. The average molecular weight is 607 g/mol. The third-order valence-electron chi connectivity index (χ3n) is 5.06. The molecule has 0 spiro atoms. The first kappa shape index (κ1) is 28.2. The van der Waals surface area contributed by atoms with Gasteiger partial charge < -0.3 is 9.47 Å². The zero-order valence-electron chi connectivity index (χ0n) is 20.1. The van der Waals surface area contributed by atoms with E-state index >= 15 is 0 Å². The number of hydrogen-bond donors (Lipinski definition) is 1. The number of aryl methyl sites for hydroxylation is 1. The van der Waals surface area contributed by atoms with Crippen LogP contribution in [0.15, 0.2) is 87.8 Å². The Labute approximate surface area is 229 Å². The molecule has 1 amide bonds. The van der Waals surface area contributed by atoms with Gasteiger partial charge in [-0.3, -0.25) is 9.10 Å². The molecule has 0 fully saturated rings. The molecule has 194 valence electrons.